The first-order chi connectivity index (χ1) is 8.70. The first-order valence-electron chi connectivity index (χ1n) is 6.86. The Balaban J connectivity index is 2.00. The van der Waals surface area contributed by atoms with Crippen molar-refractivity contribution in [2.24, 2.45) is 5.73 Å². The molecule has 1 unspecified atom stereocenters. The number of piperidine rings is 1. The van der Waals surface area contributed by atoms with Crippen molar-refractivity contribution in [1.82, 2.24) is 9.80 Å². The highest BCUT2D eigenvalue weighted by molar-refractivity contribution is 5.26. The average molecular weight is 247 g/mol. The highest BCUT2D eigenvalue weighted by Gasteiger charge is 2.21. The van der Waals surface area contributed by atoms with Gasteiger partial charge in [-0.25, -0.2) is 0 Å². The molecule has 3 nitrogen and oxygen atoms in total. The van der Waals surface area contributed by atoms with Crippen molar-refractivity contribution in [1.29, 1.82) is 0 Å². The molecule has 1 aromatic rings. The Morgan fingerprint density at radius 3 is 2.67 bits per heavy atom. The zero-order valence-corrected chi connectivity index (χ0v) is 11.6. The van der Waals surface area contributed by atoms with Crippen molar-refractivity contribution in [2.75, 3.05) is 27.2 Å². The van der Waals surface area contributed by atoms with Gasteiger partial charge in [-0.2, -0.15) is 0 Å². The number of likely N-dealkylation sites (tertiary alicyclic amines) is 1. The molecule has 100 valence electrons. The predicted molar refractivity (Wildman–Crippen MR) is 76.3 cm³/mol. The third-order valence-electron chi connectivity index (χ3n) is 3.94. The van der Waals surface area contributed by atoms with Crippen molar-refractivity contribution >= 4 is 0 Å². The van der Waals surface area contributed by atoms with E-state index in [1.165, 1.54) is 37.1 Å². The summed E-state index contributed by atoms with van der Waals surface area (Å²) < 4.78 is 0. The van der Waals surface area contributed by atoms with Gasteiger partial charge in [0.2, 0.25) is 0 Å². The van der Waals surface area contributed by atoms with Crippen molar-refractivity contribution in [3.8, 4) is 0 Å². The van der Waals surface area contributed by atoms with Gasteiger partial charge in [-0.05, 0) is 44.6 Å². The van der Waals surface area contributed by atoms with Crippen LogP contribution in [-0.2, 0) is 13.1 Å². The highest BCUT2D eigenvalue weighted by Crippen LogP contribution is 2.18. The molecule has 0 saturated carbocycles. The Labute approximate surface area is 111 Å². The summed E-state index contributed by atoms with van der Waals surface area (Å²) in [6.45, 7) is 4.06. The Kier molecular flexibility index (Phi) is 4.75. The van der Waals surface area contributed by atoms with Crippen LogP contribution >= 0.6 is 0 Å². The molecule has 0 radical (unpaired) electrons. The lowest BCUT2D eigenvalue weighted by molar-refractivity contribution is 0.127. The minimum Gasteiger partial charge on any atom is -0.326 e. The fraction of sp³-hybridized carbons (Fsp3) is 0.600. The zero-order valence-electron chi connectivity index (χ0n) is 11.6. The smallest absolute Gasteiger partial charge is 0.0237 e. The Morgan fingerprint density at radius 1 is 1.28 bits per heavy atom. The minimum atomic E-state index is 0.640. The summed E-state index contributed by atoms with van der Waals surface area (Å²) in [7, 11) is 4.37. The topological polar surface area (TPSA) is 32.5 Å². The molecule has 0 aromatic heterocycles. The van der Waals surface area contributed by atoms with Crippen LogP contribution in [0.25, 0.3) is 0 Å². The largest absolute Gasteiger partial charge is 0.326 e. The van der Waals surface area contributed by atoms with Crippen LogP contribution < -0.4 is 5.73 Å². The fourth-order valence-corrected chi connectivity index (χ4v) is 2.75. The zero-order chi connectivity index (χ0) is 13.0. The van der Waals surface area contributed by atoms with E-state index in [9.17, 15) is 0 Å². The lowest BCUT2D eigenvalue weighted by atomic mass is 10.0. The number of nitrogens with two attached hydrogens (primary N) is 1. The van der Waals surface area contributed by atoms with Crippen LogP contribution in [0.1, 0.15) is 24.0 Å². The van der Waals surface area contributed by atoms with Crippen LogP contribution in [0, 0.1) is 0 Å². The fourth-order valence-electron chi connectivity index (χ4n) is 2.75. The molecule has 0 spiro atoms. The van der Waals surface area contributed by atoms with E-state index in [1.807, 2.05) is 0 Å². The van der Waals surface area contributed by atoms with E-state index in [4.69, 9.17) is 5.73 Å². The number of likely N-dealkylation sites (N-methyl/N-ethyl adjacent to an activating group) is 1. The molecule has 2 rings (SSSR count). The van der Waals surface area contributed by atoms with E-state index < -0.39 is 0 Å². The van der Waals surface area contributed by atoms with Crippen LogP contribution in [0.5, 0.6) is 0 Å². The van der Waals surface area contributed by atoms with Crippen LogP contribution in [0.15, 0.2) is 24.3 Å². The molecule has 1 aliphatic heterocycles. The van der Waals surface area contributed by atoms with E-state index in [-0.39, 0.29) is 0 Å². The van der Waals surface area contributed by atoms with Crippen LogP contribution in [0.4, 0.5) is 0 Å². The second kappa shape index (κ2) is 6.32. The van der Waals surface area contributed by atoms with E-state index in [0.717, 1.165) is 6.54 Å². The van der Waals surface area contributed by atoms with Crippen LogP contribution in [0.3, 0.4) is 0 Å². The summed E-state index contributed by atoms with van der Waals surface area (Å²) in [5.74, 6) is 0. The SMILES string of the molecule is CN(C)C1CCCN(Cc2ccccc2CN)C1. The van der Waals surface area contributed by atoms with Crippen LogP contribution in [-0.4, -0.2) is 43.0 Å². The molecule has 1 aromatic carbocycles. The van der Waals surface area contributed by atoms with Gasteiger partial charge in [0.15, 0.2) is 0 Å². The van der Waals surface area contributed by atoms with E-state index in [2.05, 4.69) is 48.2 Å². The predicted octanol–water partition coefficient (Wildman–Crippen LogP) is 1.67. The molecule has 0 aliphatic carbocycles. The third kappa shape index (κ3) is 3.31. The molecule has 2 N–H and O–H groups in total. The molecule has 1 heterocycles. The average Bonchev–Trinajstić information content (AvgIpc) is 2.39. The summed E-state index contributed by atoms with van der Waals surface area (Å²) in [5.41, 5.74) is 8.47. The van der Waals surface area contributed by atoms with E-state index in [0.29, 0.717) is 12.6 Å². The molecule has 1 aliphatic rings. The van der Waals surface area contributed by atoms with E-state index >= 15 is 0 Å². The van der Waals surface area contributed by atoms with Gasteiger partial charge in [0.05, 0.1) is 0 Å². The number of nitrogens with zero attached hydrogens (tertiary/aromatic N) is 2. The van der Waals surface area contributed by atoms with Gasteiger partial charge >= 0.3 is 0 Å². The summed E-state index contributed by atoms with van der Waals surface area (Å²) in [5, 5.41) is 0. The summed E-state index contributed by atoms with van der Waals surface area (Å²) >= 11 is 0. The monoisotopic (exact) mass is 247 g/mol. The molecule has 3 heteroatoms. The Hall–Kier alpha value is -0.900. The summed E-state index contributed by atoms with van der Waals surface area (Å²) in [6, 6.07) is 9.24. The number of hydrogen-bond donors (Lipinski definition) is 1. The standard InChI is InChI=1S/C15H25N3/c1-17(2)15-8-5-9-18(12-15)11-14-7-4-3-6-13(14)10-16/h3-4,6-7,15H,5,8-12,16H2,1-2H3. The van der Waals surface area contributed by atoms with Crippen molar-refractivity contribution in [3.63, 3.8) is 0 Å². The molecule has 0 bridgehead atoms. The number of rotatable bonds is 4. The summed E-state index contributed by atoms with van der Waals surface area (Å²) in [6.07, 6.45) is 2.62. The van der Waals surface area contributed by atoms with Gasteiger partial charge in [0.1, 0.15) is 0 Å². The first-order valence-corrected chi connectivity index (χ1v) is 6.86. The Bertz CT molecular complexity index is 376. The second-order valence-corrected chi connectivity index (χ2v) is 5.47. The van der Waals surface area contributed by atoms with Gasteiger partial charge in [0.25, 0.3) is 0 Å². The maximum absolute atomic E-state index is 5.80. The van der Waals surface area contributed by atoms with Gasteiger partial charge < -0.3 is 10.6 Å². The highest BCUT2D eigenvalue weighted by atomic mass is 15.2. The summed E-state index contributed by atoms with van der Waals surface area (Å²) in [4.78, 5) is 4.91. The van der Waals surface area contributed by atoms with Gasteiger partial charge in [0, 0.05) is 25.7 Å². The molecular weight excluding hydrogens is 222 g/mol. The number of benzene rings is 1. The molecule has 1 saturated heterocycles. The van der Waals surface area contributed by atoms with Crippen LogP contribution in [0.2, 0.25) is 0 Å². The maximum Gasteiger partial charge on any atom is 0.0237 e. The lowest BCUT2D eigenvalue weighted by Crippen LogP contribution is -2.44. The molecule has 1 atom stereocenters. The van der Waals surface area contributed by atoms with Gasteiger partial charge in [-0.15, -0.1) is 0 Å². The van der Waals surface area contributed by atoms with Crippen molar-refractivity contribution in [2.45, 2.75) is 32.0 Å². The van der Waals surface area contributed by atoms with Crippen molar-refractivity contribution < 1.29 is 0 Å². The van der Waals surface area contributed by atoms with Crippen molar-refractivity contribution in [3.05, 3.63) is 35.4 Å². The van der Waals surface area contributed by atoms with E-state index in [1.54, 1.807) is 0 Å². The second-order valence-electron chi connectivity index (χ2n) is 5.47. The lowest BCUT2D eigenvalue weighted by Gasteiger charge is -2.36. The molecular formula is C15H25N3. The quantitative estimate of drug-likeness (QED) is 0.878. The first kappa shape index (κ1) is 13.5. The third-order valence-corrected chi connectivity index (χ3v) is 3.94. The van der Waals surface area contributed by atoms with Gasteiger partial charge in [-0.3, -0.25) is 4.90 Å². The van der Waals surface area contributed by atoms with Gasteiger partial charge in [-0.1, -0.05) is 24.3 Å². The maximum atomic E-state index is 5.80. The molecule has 0 amide bonds. The molecule has 1 fully saturated rings. The molecule has 18 heavy (non-hydrogen) atoms. The minimum absolute atomic E-state index is 0.640. The number of hydrogen-bond acceptors (Lipinski definition) is 3. The normalized spacial score (nSPS) is 21.4. The Morgan fingerprint density at radius 2 is 2.00 bits per heavy atom.